The summed E-state index contributed by atoms with van der Waals surface area (Å²) in [5.74, 6) is -0.409. The summed E-state index contributed by atoms with van der Waals surface area (Å²) in [5, 5.41) is 6.95. The smallest absolute Gasteiger partial charge is 0.272 e. The third-order valence-electron chi connectivity index (χ3n) is 3.83. The van der Waals surface area contributed by atoms with Gasteiger partial charge in [-0.1, -0.05) is 30.3 Å². The summed E-state index contributed by atoms with van der Waals surface area (Å²) < 4.78 is 13.0. The summed E-state index contributed by atoms with van der Waals surface area (Å²) in [4.78, 5) is 14.4. The van der Waals surface area contributed by atoms with Crippen LogP contribution in [-0.2, 0) is 6.54 Å². The average molecular weight is 323 g/mol. The largest absolute Gasteiger partial charge is 0.333 e. The van der Waals surface area contributed by atoms with Crippen LogP contribution in [-0.4, -0.2) is 27.5 Å². The van der Waals surface area contributed by atoms with Crippen molar-refractivity contribution in [3.63, 3.8) is 0 Å². The Bertz CT molecular complexity index is 812. The summed E-state index contributed by atoms with van der Waals surface area (Å²) in [7, 11) is 0. The van der Waals surface area contributed by atoms with Crippen LogP contribution in [0.2, 0.25) is 0 Å². The second kappa shape index (κ2) is 7.08. The molecule has 3 aromatic rings. The van der Waals surface area contributed by atoms with Gasteiger partial charge in [0.25, 0.3) is 5.91 Å². The molecule has 122 valence electrons. The van der Waals surface area contributed by atoms with Crippen LogP contribution >= 0.6 is 0 Å². The third-order valence-corrected chi connectivity index (χ3v) is 3.83. The fraction of sp³-hybridized carbons (Fsp3) is 0.158. The zero-order valence-corrected chi connectivity index (χ0v) is 13.4. The Morgan fingerprint density at radius 2 is 1.83 bits per heavy atom. The molecule has 0 atom stereocenters. The SMILES string of the molecule is CCN(Cc1ccccc1)C(=O)c1cc(-c2ccc(F)cc2)n[nH]1. The normalized spacial score (nSPS) is 10.6. The minimum absolute atomic E-state index is 0.109. The first-order valence-electron chi connectivity index (χ1n) is 7.82. The van der Waals surface area contributed by atoms with Gasteiger partial charge in [0.2, 0.25) is 0 Å². The molecule has 1 heterocycles. The summed E-state index contributed by atoms with van der Waals surface area (Å²) in [6.45, 7) is 3.08. The number of carbonyl (C=O) groups excluding carboxylic acids is 1. The Morgan fingerprint density at radius 3 is 2.50 bits per heavy atom. The number of hydrogen-bond acceptors (Lipinski definition) is 2. The highest BCUT2D eigenvalue weighted by atomic mass is 19.1. The van der Waals surface area contributed by atoms with Gasteiger partial charge in [-0.05, 0) is 42.8 Å². The predicted octanol–water partition coefficient (Wildman–Crippen LogP) is 3.88. The van der Waals surface area contributed by atoms with Crippen LogP contribution in [0.25, 0.3) is 11.3 Å². The summed E-state index contributed by atoms with van der Waals surface area (Å²) in [6.07, 6.45) is 0. The molecule has 3 rings (SSSR count). The van der Waals surface area contributed by atoms with Crippen LogP contribution in [0.15, 0.2) is 60.7 Å². The van der Waals surface area contributed by atoms with Gasteiger partial charge in [-0.25, -0.2) is 4.39 Å². The number of benzene rings is 2. The number of nitrogens with one attached hydrogen (secondary N) is 1. The van der Waals surface area contributed by atoms with E-state index in [0.29, 0.717) is 24.5 Å². The van der Waals surface area contributed by atoms with Crippen molar-refractivity contribution in [1.29, 1.82) is 0 Å². The number of hydrogen-bond donors (Lipinski definition) is 1. The van der Waals surface area contributed by atoms with E-state index in [-0.39, 0.29) is 11.7 Å². The number of halogens is 1. The third kappa shape index (κ3) is 3.51. The van der Waals surface area contributed by atoms with Crippen LogP contribution in [0.4, 0.5) is 4.39 Å². The van der Waals surface area contributed by atoms with Crippen LogP contribution in [0.5, 0.6) is 0 Å². The molecule has 0 saturated heterocycles. The van der Waals surface area contributed by atoms with Gasteiger partial charge in [0.1, 0.15) is 11.5 Å². The Hall–Kier alpha value is -2.95. The topological polar surface area (TPSA) is 49.0 Å². The standard InChI is InChI=1S/C19H18FN3O/c1-2-23(13-14-6-4-3-5-7-14)19(24)18-12-17(21-22-18)15-8-10-16(20)11-9-15/h3-12H,2,13H2,1H3,(H,21,22). The summed E-state index contributed by atoms with van der Waals surface area (Å²) in [5.41, 5.74) is 2.88. The van der Waals surface area contributed by atoms with E-state index >= 15 is 0 Å². The lowest BCUT2D eigenvalue weighted by Crippen LogP contribution is -2.30. The number of amides is 1. The van der Waals surface area contributed by atoms with E-state index < -0.39 is 0 Å². The summed E-state index contributed by atoms with van der Waals surface area (Å²) in [6, 6.07) is 17.6. The van der Waals surface area contributed by atoms with Gasteiger partial charge in [0.15, 0.2) is 0 Å². The Kier molecular flexibility index (Phi) is 4.70. The van der Waals surface area contributed by atoms with Gasteiger partial charge in [0, 0.05) is 18.7 Å². The highest BCUT2D eigenvalue weighted by molar-refractivity contribution is 5.93. The molecule has 0 fully saturated rings. The highest BCUT2D eigenvalue weighted by Crippen LogP contribution is 2.19. The quantitative estimate of drug-likeness (QED) is 0.774. The lowest BCUT2D eigenvalue weighted by atomic mass is 10.1. The molecule has 1 aromatic heterocycles. The molecule has 0 aliphatic rings. The van der Waals surface area contributed by atoms with E-state index in [1.807, 2.05) is 37.3 Å². The second-order valence-electron chi connectivity index (χ2n) is 5.48. The molecular formula is C19H18FN3O. The predicted molar refractivity (Wildman–Crippen MR) is 90.8 cm³/mol. The molecular weight excluding hydrogens is 305 g/mol. The van der Waals surface area contributed by atoms with Crippen LogP contribution in [0.3, 0.4) is 0 Å². The van der Waals surface area contributed by atoms with E-state index in [0.717, 1.165) is 11.1 Å². The molecule has 1 amide bonds. The number of rotatable bonds is 5. The van der Waals surface area contributed by atoms with Gasteiger partial charge in [-0.3, -0.25) is 9.89 Å². The number of aromatic nitrogens is 2. The van der Waals surface area contributed by atoms with Crippen molar-refractivity contribution in [3.8, 4) is 11.3 Å². The molecule has 0 aliphatic carbocycles. The van der Waals surface area contributed by atoms with E-state index in [1.54, 1.807) is 23.1 Å². The first-order chi connectivity index (χ1) is 11.7. The molecule has 0 unspecified atom stereocenters. The first-order valence-corrected chi connectivity index (χ1v) is 7.82. The monoisotopic (exact) mass is 323 g/mol. The van der Waals surface area contributed by atoms with Gasteiger partial charge >= 0.3 is 0 Å². The molecule has 0 radical (unpaired) electrons. The second-order valence-corrected chi connectivity index (χ2v) is 5.48. The van der Waals surface area contributed by atoms with Gasteiger partial charge in [0.05, 0.1) is 5.69 Å². The number of nitrogens with zero attached hydrogens (tertiary/aromatic N) is 2. The average Bonchev–Trinajstić information content (AvgIpc) is 3.10. The van der Waals surface area contributed by atoms with Gasteiger partial charge in [-0.2, -0.15) is 5.10 Å². The fourth-order valence-electron chi connectivity index (χ4n) is 2.50. The molecule has 0 saturated carbocycles. The lowest BCUT2D eigenvalue weighted by Gasteiger charge is -2.20. The summed E-state index contributed by atoms with van der Waals surface area (Å²) >= 11 is 0. The molecule has 5 heteroatoms. The Balaban J connectivity index is 1.77. The van der Waals surface area contributed by atoms with Crippen molar-refractivity contribution in [2.24, 2.45) is 0 Å². The molecule has 4 nitrogen and oxygen atoms in total. The maximum absolute atomic E-state index is 13.0. The molecule has 1 N–H and O–H groups in total. The van der Waals surface area contributed by atoms with E-state index in [4.69, 9.17) is 0 Å². The molecule has 0 bridgehead atoms. The van der Waals surface area contributed by atoms with Gasteiger partial charge in [-0.15, -0.1) is 0 Å². The van der Waals surface area contributed by atoms with Crippen molar-refractivity contribution in [1.82, 2.24) is 15.1 Å². The minimum Gasteiger partial charge on any atom is -0.333 e. The Labute approximate surface area is 139 Å². The number of carbonyl (C=O) groups is 1. The zero-order chi connectivity index (χ0) is 16.9. The fourth-order valence-corrected chi connectivity index (χ4v) is 2.50. The maximum Gasteiger partial charge on any atom is 0.272 e. The number of aromatic amines is 1. The van der Waals surface area contributed by atoms with Crippen molar-refractivity contribution >= 4 is 5.91 Å². The van der Waals surface area contributed by atoms with Crippen molar-refractivity contribution < 1.29 is 9.18 Å². The molecule has 0 spiro atoms. The van der Waals surface area contributed by atoms with Crippen molar-refractivity contribution in [2.75, 3.05) is 6.54 Å². The zero-order valence-electron chi connectivity index (χ0n) is 13.4. The molecule has 2 aromatic carbocycles. The van der Waals surface area contributed by atoms with Crippen LogP contribution < -0.4 is 0 Å². The Morgan fingerprint density at radius 1 is 1.12 bits per heavy atom. The van der Waals surface area contributed by atoms with Crippen molar-refractivity contribution in [2.45, 2.75) is 13.5 Å². The van der Waals surface area contributed by atoms with E-state index in [9.17, 15) is 9.18 Å². The first kappa shape index (κ1) is 15.9. The highest BCUT2D eigenvalue weighted by Gasteiger charge is 2.17. The molecule has 24 heavy (non-hydrogen) atoms. The van der Waals surface area contributed by atoms with E-state index in [2.05, 4.69) is 10.2 Å². The number of H-pyrrole nitrogens is 1. The lowest BCUT2D eigenvalue weighted by molar-refractivity contribution is 0.0746. The van der Waals surface area contributed by atoms with E-state index in [1.165, 1.54) is 12.1 Å². The minimum atomic E-state index is -0.300. The van der Waals surface area contributed by atoms with Gasteiger partial charge < -0.3 is 4.90 Å². The maximum atomic E-state index is 13.0. The van der Waals surface area contributed by atoms with Crippen molar-refractivity contribution in [3.05, 3.63) is 77.7 Å². The molecule has 0 aliphatic heterocycles. The van der Waals surface area contributed by atoms with Crippen LogP contribution in [0, 0.1) is 5.82 Å². The van der Waals surface area contributed by atoms with Crippen LogP contribution in [0.1, 0.15) is 23.0 Å².